The molecule has 0 radical (unpaired) electrons. The van der Waals surface area contributed by atoms with Crippen molar-refractivity contribution in [1.29, 1.82) is 5.26 Å². The van der Waals surface area contributed by atoms with Crippen LogP contribution in [0.15, 0.2) is 60.2 Å². The van der Waals surface area contributed by atoms with Crippen LogP contribution in [0.4, 0.5) is 5.69 Å². The van der Waals surface area contributed by atoms with Gasteiger partial charge in [0, 0.05) is 10.6 Å². The van der Waals surface area contributed by atoms with E-state index in [9.17, 15) is 10.1 Å². The van der Waals surface area contributed by atoms with Gasteiger partial charge in [0.25, 0.3) is 5.91 Å². The molecule has 28 heavy (non-hydrogen) atoms. The molecule has 0 saturated heterocycles. The second kappa shape index (κ2) is 8.79. The summed E-state index contributed by atoms with van der Waals surface area (Å²) < 4.78 is 5.70. The smallest absolute Gasteiger partial charge is 0.266 e. The van der Waals surface area contributed by atoms with Crippen LogP contribution >= 0.6 is 23.2 Å². The first-order valence-electron chi connectivity index (χ1n) is 8.56. The molecule has 3 aromatic carbocycles. The van der Waals surface area contributed by atoms with Gasteiger partial charge >= 0.3 is 0 Å². The fraction of sp³-hybridized carbons (Fsp3) is 0.0909. The van der Waals surface area contributed by atoms with E-state index in [4.69, 9.17) is 27.9 Å². The van der Waals surface area contributed by atoms with Crippen molar-refractivity contribution in [3.05, 3.63) is 75.8 Å². The monoisotopic (exact) mass is 410 g/mol. The van der Waals surface area contributed by atoms with Crippen molar-refractivity contribution in [2.75, 3.05) is 11.9 Å². The summed E-state index contributed by atoms with van der Waals surface area (Å²) in [5.74, 6) is 0.0181. The fourth-order valence-electron chi connectivity index (χ4n) is 2.78. The van der Waals surface area contributed by atoms with Crippen LogP contribution in [0.3, 0.4) is 0 Å². The van der Waals surface area contributed by atoms with E-state index >= 15 is 0 Å². The van der Waals surface area contributed by atoms with Gasteiger partial charge in [0.05, 0.1) is 17.3 Å². The van der Waals surface area contributed by atoms with E-state index in [-0.39, 0.29) is 5.57 Å². The van der Waals surface area contributed by atoms with Crippen molar-refractivity contribution in [3.8, 4) is 11.8 Å². The van der Waals surface area contributed by atoms with Gasteiger partial charge in [-0.25, -0.2) is 0 Å². The quantitative estimate of drug-likeness (QED) is 0.408. The van der Waals surface area contributed by atoms with E-state index < -0.39 is 5.91 Å². The molecular formula is C22H16Cl2N2O2. The fourth-order valence-corrected chi connectivity index (χ4v) is 3.12. The maximum absolute atomic E-state index is 12.7. The van der Waals surface area contributed by atoms with Gasteiger partial charge in [-0.2, -0.15) is 5.26 Å². The van der Waals surface area contributed by atoms with Gasteiger partial charge in [0.15, 0.2) is 0 Å². The number of halogens is 2. The number of fused-ring (bicyclic) bond motifs is 1. The van der Waals surface area contributed by atoms with Crippen LogP contribution in [0.2, 0.25) is 10.0 Å². The molecule has 4 nitrogen and oxygen atoms in total. The molecule has 1 N–H and O–H groups in total. The Hall–Kier alpha value is -3.00. The molecule has 0 unspecified atom stereocenters. The second-order valence-electron chi connectivity index (χ2n) is 5.88. The Kier molecular flexibility index (Phi) is 6.20. The summed E-state index contributed by atoms with van der Waals surface area (Å²) in [5.41, 5.74) is 0.931. The molecule has 3 aromatic rings. The largest absolute Gasteiger partial charge is 0.493 e. The minimum absolute atomic E-state index is 0.0756. The molecule has 0 atom stereocenters. The van der Waals surface area contributed by atoms with E-state index in [1.807, 2.05) is 49.4 Å². The SMILES string of the molecule is CCOc1ccc2ccccc2c1/C=C(\C#N)C(=O)Nc1cc(Cl)ccc1Cl. The number of nitriles is 1. The molecule has 0 heterocycles. The molecule has 3 rings (SSSR count). The Balaban J connectivity index is 2.05. The van der Waals surface area contributed by atoms with Crippen molar-refractivity contribution >= 4 is 51.6 Å². The minimum atomic E-state index is -0.581. The van der Waals surface area contributed by atoms with Gasteiger partial charge in [-0.15, -0.1) is 0 Å². The normalized spacial score (nSPS) is 11.1. The predicted octanol–water partition coefficient (Wildman–Crippen LogP) is 6.09. The van der Waals surface area contributed by atoms with Gasteiger partial charge in [0.2, 0.25) is 0 Å². The molecule has 1 amide bonds. The van der Waals surface area contributed by atoms with Gasteiger partial charge < -0.3 is 10.1 Å². The van der Waals surface area contributed by atoms with E-state index in [2.05, 4.69) is 5.32 Å². The number of hydrogen-bond acceptors (Lipinski definition) is 3. The van der Waals surface area contributed by atoms with Crippen molar-refractivity contribution in [1.82, 2.24) is 0 Å². The summed E-state index contributed by atoms with van der Waals surface area (Å²) >= 11 is 12.1. The average molecular weight is 411 g/mol. The summed E-state index contributed by atoms with van der Waals surface area (Å²) in [6, 6.07) is 18.2. The number of nitrogens with zero attached hydrogens (tertiary/aromatic N) is 1. The summed E-state index contributed by atoms with van der Waals surface area (Å²) in [6.45, 7) is 2.34. The lowest BCUT2D eigenvalue weighted by Gasteiger charge is -2.12. The molecular weight excluding hydrogens is 395 g/mol. The first-order valence-corrected chi connectivity index (χ1v) is 9.31. The summed E-state index contributed by atoms with van der Waals surface area (Å²) in [7, 11) is 0. The number of hydrogen-bond donors (Lipinski definition) is 1. The molecule has 0 aliphatic heterocycles. The topological polar surface area (TPSA) is 62.1 Å². The molecule has 0 aliphatic carbocycles. The molecule has 0 aliphatic rings. The highest BCUT2D eigenvalue weighted by atomic mass is 35.5. The summed E-state index contributed by atoms with van der Waals surface area (Å²) in [4.78, 5) is 12.7. The Morgan fingerprint density at radius 1 is 1.18 bits per heavy atom. The summed E-state index contributed by atoms with van der Waals surface area (Å²) in [5, 5.41) is 14.8. The summed E-state index contributed by atoms with van der Waals surface area (Å²) in [6.07, 6.45) is 1.53. The number of carbonyl (C=O) groups excluding carboxylic acids is 1. The maximum Gasteiger partial charge on any atom is 0.266 e. The lowest BCUT2D eigenvalue weighted by molar-refractivity contribution is -0.112. The first kappa shape index (κ1) is 19.8. The third kappa shape index (κ3) is 4.28. The molecule has 0 bridgehead atoms. The number of amides is 1. The van der Waals surface area contributed by atoms with Crippen LogP contribution in [0, 0.1) is 11.3 Å². The van der Waals surface area contributed by atoms with E-state index in [0.717, 1.165) is 10.8 Å². The van der Waals surface area contributed by atoms with Gasteiger partial charge in [0.1, 0.15) is 17.4 Å². The zero-order chi connectivity index (χ0) is 20.1. The number of anilines is 1. The van der Waals surface area contributed by atoms with Crippen molar-refractivity contribution in [3.63, 3.8) is 0 Å². The zero-order valence-corrected chi connectivity index (χ0v) is 16.5. The van der Waals surface area contributed by atoms with Crippen LogP contribution in [-0.2, 0) is 4.79 Å². The van der Waals surface area contributed by atoms with Crippen LogP contribution in [0.1, 0.15) is 12.5 Å². The average Bonchev–Trinajstić information content (AvgIpc) is 2.70. The van der Waals surface area contributed by atoms with E-state index in [0.29, 0.717) is 33.7 Å². The van der Waals surface area contributed by atoms with Crippen molar-refractivity contribution in [2.45, 2.75) is 6.92 Å². The molecule has 6 heteroatoms. The van der Waals surface area contributed by atoms with Crippen LogP contribution in [0.5, 0.6) is 5.75 Å². The van der Waals surface area contributed by atoms with E-state index in [1.165, 1.54) is 12.1 Å². The predicted molar refractivity (Wildman–Crippen MR) is 114 cm³/mol. The molecule has 140 valence electrons. The third-order valence-corrected chi connectivity index (χ3v) is 4.63. The Bertz CT molecular complexity index is 1120. The van der Waals surface area contributed by atoms with Crippen LogP contribution in [0.25, 0.3) is 16.8 Å². The third-order valence-electron chi connectivity index (χ3n) is 4.06. The highest BCUT2D eigenvalue weighted by Crippen LogP contribution is 2.31. The maximum atomic E-state index is 12.7. The molecule has 0 saturated carbocycles. The van der Waals surface area contributed by atoms with Crippen LogP contribution in [-0.4, -0.2) is 12.5 Å². The standard InChI is InChI=1S/C22H16Cl2N2O2/c1-2-28-21-10-7-14-5-3-4-6-17(14)18(21)11-15(13-25)22(27)26-20-12-16(23)8-9-19(20)24/h3-12H,2H2,1H3,(H,26,27)/b15-11+. The number of carbonyl (C=O) groups is 1. The minimum Gasteiger partial charge on any atom is -0.493 e. The highest BCUT2D eigenvalue weighted by molar-refractivity contribution is 6.36. The molecule has 0 fully saturated rings. The lowest BCUT2D eigenvalue weighted by Crippen LogP contribution is -2.14. The van der Waals surface area contributed by atoms with E-state index in [1.54, 1.807) is 12.1 Å². The molecule has 0 aromatic heterocycles. The number of ether oxygens (including phenoxy) is 1. The van der Waals surface area contributed by atoms with Gasteiger partial charge in [-0.1, -0.05) is 53.5 Å². The van der Waals surface area contributed by atoms with Gasteiger partial charge in [-0.3, -0.25) is 4.79 Å². The lowest BCUT2D eigenvalue weighted by atomic mass is 10.0. The molecule has 0 spiro atoms. The Morgan fingerprint density at radius 3 is 2.71 bits per heavy atom. The Morgan fingerprint density at radius 2 is 1.96 bits per heavy atom. The zero-order valence-electron chi connectivity index (χ0n) is 15.0. The highest BCUT2D eigenvalue weighted by Gasteiger charge is 2.15. The Labute approximate surface area is 172 Å². The van der Waals surface area contributed by atoms with Gasteiger partial charge in [-0.05, 0) is 48.0 Å². The van der Waals surface area contributed by atoms with Crippen molar-refractivity contribution < 1.29 is 9.53 Å². The number of benzene rings is 3. The van der Waals surface area contributed by atoms with Crippen molar-refractivity contribution in [2.24, 2.45) is 0 Å². The first-order chi connectivity index (χ1) is 13.5. The number of nitrogens with one attached hydrogen (secondary N) is 1. The second-order valence-corrected chi connectivity index (χ2v) is 6.72. The van der Waals surface area contributed by atoms with Crippen LogP contribution < -0.4 is 10.1 Å². The number of rotatable bonds is 5.